The Balaban J connectivity index is 2.69. The molecular weight excluding hydrogens is 236 g/mol. The molecule has 0 aliphatic carbocycles. The molecule has 0 aliphatic heterocycles. The number of carbonyl (C=O) groups is 2. The second-order valence-corrected chi connectivity index (χ2v) is 3.25. The molecule has 0 unspecified atom stereocenters. The van der Waals surface area contributed by atoms with Crippen LogP contribution in [-0.4, -0.2) is 29.8 Å². The third-order valence-corrected chi connectivity index (χ3v) is 1.95. The number of carbonyl (C=O) groups excluding carboxylic acids is 2. The second-order valence-electron chi connectivity index (χ2n) is 3.25. The number of anilines is 1. The van der Waals surface area contributed by atoms with E-state index in [2.05, 4.69) is 10.1 Å². The van der Waals surface area contributed by atoms with Crippen molar-refractivity contribution in [3.8, 4) is 0 Å². The monoisotopic (exact) mass is 248 g/mol. The summed E-state index contributed by atoms with van der Waals surface area (Å²) in [5.74, 6) is -2.42. The Morgan fingerprint density at radius 3 is 2.50 bits per heavy atom. The van der Waals surface area contributed by atoms with Crippen molar-refractivity contribution in [2.24, 2.45) is 0 Å². The van der Waals surface area contributed by atoms with Gasteiger partial charge in [-0.3, -0.25) is 10.2 Å². The molecule has 0 radical (unpaired) electrons. The van der Waals surface area contributed by atoms with Crippen LogP contribution in [0.4, 0.5) is 5.69 Å². The summed E-state index contributed by atoms with van der Waals surface area (Å²) in [6.07, 6.45) is 0.742. The molecule has 0 spiro atoms. The Hall–Kier alpha value is -2.63. The number of methoxy groups -OCH3 is 1. The smallest absolute Gasteiger partial charge is 0.359 e. The number of hydrogen-bond donors (Lipinski definition) is 3. The van der Waals surface area contributed by atoms with Crippen molar-refractivity contribution in [2.45, 2.75) is 0 Å². The van der Waals surface area contributed by atoms with Gasteiger partial charge in [0, 0.05) is 11.8 Å². The fourth-order valence-corrected chi connectivity index (χ4v) is 1.10. The average Bonchev–Trinajstić information content (AvgIpc) is 2.37. The summed E-state index contributed by atoms with van der Waals surface area (Å²) in [6.45, 7) is 0. The van der Waals surface area contributed by atoms with Crippen LogP contribution in [0.15, 0.2) is 42.2 Å². The Kier molecular flexibility index (Phi) is 4.62. The lowest BCUT2D eigenvalue weighted by Gasteiger charge is -2.03. The fraction of sp³-hybridized carbons (Fsp3) is 0.0833. The van der Waals surface area contributed by atoms with Crippen molar-refractivity contribution >= 4 is 23.3 Å². The van der Waals surface area contributed by atoms with Gasteiger partial charge < -0.3 is 15.2 Å². The van der Waals surface area contributed by atoms with Gasteiger partial charge in [0.15, 0.2) is 11.5 Å². The molecule has 0 heterocycles. The van der Waals surface area contributed by atoms with Crippen molar-refractivity contribution in [1.82, 2.24) is 0 Å². The van der Waals surface area contributed by atoms with Gasteiger partial charge in [-0.1, -0.05) is 18.2 Å². The van der Waals surface area contributed by atoms with E-state index in [4.69, 9.17) is 5.41 Å². The van der Waals surface area contributed by atoms with Gasteiger partial charge in [0.05, 0.1) is 7.11 Å². The zero-order chi connectivity index (χ0) is 13.5. The SMILES string of the molecule is COC(=O)C(=N)/C(O)=C\C(=O)Nc1ccccc1. The van der Waals surface area contributed by atoms with Crippen LogP contribution in [0.1, 0.15) is 0 Å². The average molecular weight is 248 g/mol. The summed E-state index contributed by atoms with van der Waals surface area (Å²) in [6, 6.07) is 8.57. The number of esters is 1. The minimum absolute atomic E-state index is 0.538. The summed E-state index contributed by atoms with van der Waals surface area (Å²) in [5.41, 5.74) is -0.239. The number of nitrogens with one attached hydrogen (secondary N) is 2. The van der Waals surface area contributed by atoms with E-state index < -0.39 is 23.3 Å². The quantitative estimate of drug-likeness (QED) is 0.323. The van der Waals surface area contributed by atoms with Crippen molar-refractivity contribution in [3.05, 3.63) is 42.2 Å². The van der Waals surface area contributed by atoms with Crippen LogP contribution in [-0.2, 0) is 14.3 Å². The van der Waals surface area contributed by atoms with Gasteiger partial charge in [-0.25, -0.2) is 4.79 Å². The highest BCUT2D eigenvalue weighted by atomic mass is 16.5. The van der Waals surface area contributed by atoms with Crippen LogP contribution in [0.2, 0.25) is 0 Å². The van der Waals surface area contributed by atoms with Crippen molar-refractivity contribution in [1.29, 1.82) is 5.41 Å². The lowest BCUT2D eigenvalue weighted by Crippen LogP contribution is -2.19. The predicted octanol–water partition coefficient (Wildman–Crippen LogP) is 1.26. The number of benzene rings is 1. The van der Waals surface area contributed by atoms with E-state index in [-0.39, 0.29) is 0 Å². The van der Waals surface area contributed by atoms with Gasteiger partial charge in [0.2, 0.25) is 0 Å². The molecule has 0 aliphatic rings. The number of amides is 1. The van der Waals surface area contributed by atoms with Gasteiger partial charge in [0.1, 0.15) is 0 Å². The molecule has 1 amide bonds. The first-order valence-corrected chi connectivity index (χ1v) is 4.98. The molecule has 0 bridgehead atoms. The van der Waals surface area contributed by atoms with Crippen LogP contribution in [0, 0.1) is 5.41 Å². The number of para-hydroxylation sites is 1. The molecule has 3 N–H and O–H groups in total. The third kappa shape index (κ3) is 3.75. The van der Waals surface area contributed by atoms with Crippen LogP contribution in [0.3, 0.4) is 0 Å². The minimum atomic E-state index is -1.02. The van der Waals surface area contributed by atoms with Gasteiger partial charge in [-0.05, 0) is 12.1 Å². The molecular formula is C12H12N2O4. The predicted molar refractivity (Wildman–Crippen MR) is 65.5 cm³/mol. The first kappa shape index (κ1) is 13.4. The zero-order valence-electron chi connectivity index (χ0n) is 9.64. The molecule has 94 valence electrons. The van der Waals surface area contributed by atoms with Crippen LogP contribution >= 0.6 is 0 Å². The molecule has 0 fully saturated rings. The lowest BCUT2D eigenvalue weighted by molar-refractivity contribution is -0.132. The number of aliphatic hydroxyl groups excluding tert-OH is 1. The molecule has 6 nitrogen and oxygen atoms in total. The van der Waals surface area contributed by atoms with Gasteiger partial charge in [-0.15, -0.1) is 0 Å². The Morgan fingerprint density at radius 1 is 1.33 bits per heavy atom. The molecule has 1 aromatic rings. The molecule has 0 saturated heterocycles. The molecule has 1 rings (SSSR count). The van der Waals surface area contributed by atoms with Crippen LogP contribution in [0.25, 0.3) is 0 Å². The van der Waals surface area contributed by atoms with Crippen molar-refractivity contribution in [3.63, 3.8) is 0 Å². The highest BCUT2D eigenvalue weighted by Crippen LogP contribution is 2.05. The molecule has 0 saturated carbocycles. The summed E-state index contributed by atoms with van der Waals surface area (Å²) >= 11 is 0. The maximum absolute atomic E-state index is 11.4. The first-order chi connectivity index (χ1) is 8.54. The van der Waals surface area contributed by atoms with E-state index in [0.717, 1.165) is 13.2 Å². The van der Waals surface area contributed by atoms with E-state index in [9.17, 15) is 14.7 Å². The Morgan fingerprint density at radius 2 is 1.94 bits per heavy atom. The van der Waals surface area contributed by atoms with E-state index >= 15 is 0 Å². The summed E-state index contributed by atoms with van der Waals surface area (Å²) in [4.78, 5) is 22.4. The minimum Gasteiger partial charge on any atom is -0.505 e. The first-order valence-electron chi connectivity index (χ1n) is 4.98. The summed E-state index contributed by atoms with van der Waals surface area (Å²) in [5, 5.41) is 19.0. The van der Waals surface area contributed by atoms with E-state index in [0.29, 0.717) is 5.69 Å². The maximum Gasteiger partial charge on any atom is 0.359 e. The maximum atomic E-state index is 11.4. The van der Waals surface area contributed by atoms with Crippen LogP contribution < -0.4 is 5.32 Å². The highest BCUT2D eigenvalue weighted by Gasteiger charge is 2.15. The van der Waals surface area contributed by atoms with Crippen molar-refractivity contribution in [2.75, 3.05) is 12.4 Å². The second kappa shape index (κ2) is 6.19. The fourth-order valence-electron chi connectivity index (χ4n) is 1.10. The molecule has 6 heteroatoms. The normalized spacial score (nSPS) is 10.6. The Labute approximate surface area is 103 Å². The highest BCUT2D eigenvalue weighted by molar-refractivity contribution is 6.41. The summed E-state index contributed by atoms with van der Waals surface area (Å²) < 4.78 is 4.24. The van der Waals surface area contributed by atoms with Crippen molar-refractivity contribution < 1.29 is 19.4 Å². The number of aliphatic hydroxyl groups is 1. The van der Waals surface area contributed by atoms with Crippen LogP contribution in [0.5, 0.6) is 0 Å². The van der Waals surface area contributed by atoms with E-state index in [1.54, 1.807) is 30.3 Å². The molecule has 0 atom stereocenters. The standard InChI is InChI=1S/C12H12N2O4/c1-18-12(17)11(13)9(15)7-10(16)14-8-5-3-2-4-6-8/h2-7,13,15H,1H3,(H,14,16)/b9-7+,13-11?. The third-order valence-electron chi connectivity index (χ3n) is 1.95. The van der Waals surface area contributed by atoms with Gasteiger partial charge >= 0.3 is 5.97 Å². The zero-order valence-corrected chi connectivity index (χ0v) is 9.64. The lowest BCUT2D eigenvalue weighted by atomic mass is 10.2. The molecule has 1 aromatic carbocycles. The number of rotatable bonds is 4. The summed E-state index contributed by atoms with van der Waals surface area (Å²) in [7, 11) is 1.08. The molecule has 0 aromatic heterocycles. The topological polar surface area (TPSA) is 99.5 Å². The largest absolute Gasteiger partial charge is 0.505 e. The van der Waals surface area contributed by atoms with Gasteiger partial charge in [0.25, 0.3) is 5.91 Å². The molecule has 18 heavy (non-hydrogen) atoms. The Bertz CT molecular complexity index is 494. The number of hydrogen-bond acceptors (Lipinski definition) is 5. The van der Waals surface area contributed by atoms with E-state index in [1.165, 1.54) is 0 Å². The van der Waals surface area contributed by atoms with Gasteiger partial charge in [-0.2, -0.15) is 0 Å². The number of ether oxygens (including phenoxy) is 1. The van der Waals surface area contributed by atoms with E-state index in [1.807, 2.05) is 0 Å².